The van der Waals surface area contributed by atoms with Gasteiger partial charge in [0.2, 0.25) is 10.0 Å². The Kier molecular flexibility index (Phi) is 4.59. The van der Waals surface area contributed by atoms with Gasteiger partial charge >= 0.3 is 6.03 Å². The van der Waals surface area contributed by atoms with Crippen molar-refractivity contribution in [3.63, 3.8) is 0 Å². The molecule has 2 unspecified atom stereocenters. The van der Waals surface area contributed by atoms with Crippen LogP contribution in [-0.2, 0) is 16.6 Å². The van der Waals surface area contributed by atoms with Gasteiger partial charge in [0.1, 0.15) is 0 Å². The van der Waals surface area contributed by atoms with Gasteiger partial charge in [0.25, 0.3) is 0 Å². The summed E-state index contributed by atoms with van der Waals surface area (Å²) in [5, 5.41) is 3.02. The number of hydrogen-bond acceptors (Lipinski definition) is 3. The van der Waals surface area contributed by atoms with Crippen molar-refractivity contribution in [1.82, 2.24) is 10.2 Å². The molecule has 2 saturated heterocycles. The minimum atomic E-state index is -3.35. The van der Waals surface area contributed by atoms with Crippen molar-refractivity contribution in [3.8, 4) is 0 Å². The van der Waals surface area contributed by atoms with E-state index >= 15 is 0 Å². The van der Waals surface area contributed by atoms with E-state index in [0.29, 0.717) is 24.2 Å². The van der Waals surface area contributed by atoms with Crippen molar-refractivity contribution < 1.29 is 13.2 Å². The molecule has 4 bridgehead atoms. The number of carbonyl (C=O) groups excluding carboxylic acids is 1. The van der Waals surface area contributed by atoms with Gasteiger partial charge in [0.15, 0.2) is 0 Å². The second-order valence-electron chi connectivity index (χ2n) is 8.27. The monoisotopic (exact) mass is 377 g/mol. The van der Waals surface area contributed by atoms with Gasteiger partial charge in [0.05, 0.1) is 11.9 Å². The average Bonchev–Trinajstić information content (AvgIpc) is 2.76. The molecule has 2 N–H and O–H groups in total. The van der Waals surface area contributed by atoms with Crippen LogP contribution in [0, 0.1) is 17.8 Å². The number of amides is 2. The lowest BCUT2D eigenvalue weighted by atomic mass is 9.68. The predicted octanol–water partition coefficient (Wildman–Crippen LogP) is 2.78. The van der Waals surface area contributed by atoms with Crippen LogP contribution in [0.1, 0.15) is 37.7 Å². The minimum absolute atomic E-state index is 0.0163. The van der Waals surface area contributed by atoms with Crippen LogP contribution in [0.25, 0.3) is 0 Å². The SMILES string of the molecule is CS(=O)(=O)Nc1ccccc1CNC(=O)N1CC2CC3CC(C2)CC1C3. The molecule has 0 aromatic heterocycles. The maximum Gasteiger partial charge on any atom is 0.317 e. The Balaban J connectivity index is 1.43. The van der Waals surface area contributed by atoms with Gasteiger partial charge in [0, 0.05) is 19.1 Å². The third-order valence-electron chi connectivity index (χ3n) is 6.11. The molecule has 142 valence electrons. The van der Waals surface area contributed by atoms with Crippen LogP contribution in [-0.4, -0.2) is 38.2 Å². The van der Waals surface area contributed by atoms with Gasteiger partial charge in [-0.25, -0.2) is 13.2 Å². The molecule has 7 heteroatoms. The van der Waals surface area contributed by atoms with Crippen molar-refractivity contribution >= 4 is 21.7 Å². The highest BCUT2D eigenvalue weighted by molar-refractivity contribution is 7.92. The summed E-state index contributed by atoms with van der Waals surface area (Å²) in [6.45, 7) is 1.19. The first kappa shape index (κ1) is 17.6. The van der Waals surface area contributed by atoms with Crippen molar-refractivity contribution in [2.75, 3.05) is 17.5 Å². The Morgan fingerprint density at radius 1 is 1.08 bits per heavy atom. The van der Waals surface area contributed by atoms with Crippen LogP contribution in [0.15, 0.2) is 24.3 Å². The third-order valence-corrected chi connectivity index (χ3v) is 6.70. The minimum Gasteiger partial charge on any atom is -0.334 e. The number of urea groups is 1. The molecule has 4 fully saturated rings. The topological polar surface area (TPSA) is 78.5 Å². The Morgan fingerprint density at radius 3 is 2.42 bits per heavy atom. The Hall–Kier alpha value is -1.76. The van der Waals surface area contributed by atoms with Crippen LogP contribution in [0.2, 0.25) is 0 Å². The summed E-state index contributed by atoms with van der Waals surface area (Å²) in [5.41, 5.74) is 1.29. The summed E-state index contributed by atoms with van der Waals surface area (Å²) in [4.78, 5) is 14.9. The molecule has 2 amide bonds. The smallest absolute Gasteiger partial charge is 0.317 e. The zero-order valence-corrected chi connectivity index (χ0v) is 16.0. The van der Waals surface area contributed by atoms with Gasteiger partial charge in [-0.3, -0.25) is 4.72 Å². The molecule has 26 heavy (non-hydrogen) atoms. The maximum absolute atomic E-state index is 12.9. The third kappa shape index (κ3) is 3.82. The molecule has 0 spiro atoms. The lowest BCUT2D eigenvalue weighted by Gasteiger charge is -2.38. The number of nitrogens with one attached hydrogen (secondary N) is 2. The number of sulfonamides is 1. The summed E-state index contributed by atoms with van der Waals surface area (Å²) < 4.78 is 25.6. The molecule has 2 heterocycles. The molecule has 1 aromatic carbocycles. The summed E-state index contributed by atoms with van der Waals surface area (Å²) in [6, 6.07) is 7.54. The number of anilines is 1. The standard InChI is InChI=1S/C19H27N3O3S/c1-26(24,25)21-18-5-3-2-4-16(18)11-20-19(23)22-12-15-7-13-6-14(8-15)10-17(22)9-13/h2-5,13-15,17,21H,6-12H2,1H3,(H,20,23). The Labute approximate surface area is 155 Å². The van der Waals surface area contributed by atoms with Gasteiger partial charge in [-0.2, -0.15) is 0 Å². The maximum atomic E-state index is 12.9. The van der Waals surface area contributed by atoms with E-state index < -0.39 is 10.0 Å². The van der Waals surface area contributed by atoms with Gasteiger partial charge in [-0.1, -0.05) is 18.2 Å². The van der Waals surface area contributed by atoms with E-state index in [9.17, 15) is 13.2 Å². The lowest BCUT2D eigenvalue weighted by Crippen LogP contribution is -2.47. The van der Waals surface area contributed by atoms with Gasteiger partial charge in [-0.05, 0) is 61.5 Å². The van der Waals surface area contributed by atoms with Crippen molar-refractivity contribution in [3.05, 3.63) is 29.8 Å². The highest BCUT2D eigenvalue weighted by atomic mass is 32.2. The molecule has 4 aliphatic rings. The highest BCUT2D eigenvalue weighted by Gasteiger charge is 2.43. The van der Waals surface area contributed by atoms with Crippen molar-refractivity contribution in [2.24, 2.45) is 17.8 Å². The number of carbonyl (C=O) groups is 1. The molecule has 0 radical (unpaired) electrons. The molecule has 2 aliphatic carbocycles. The summed E-state index contributed by atoms with van der Waals surface area (Å²) in [7, 11) is -3.35. The number of rotatable bonds is 4. The average molecular weight is 378 g/mol. The second-order valence-corrected chi connectivity index (χ2v) is 10.0. The summed E-state index contributed by atoms with van der Waals surface area (Å²) in [5.74, 6) is 2.25. The predicted molar refractivity (Wildman–Crippen MR) is 101 cm³/mol. The second kappa shape index (κ2) is 6.76. The van der Waals surface area contributed by atoms with E-state index in [1.54, 1.807) is 12.1 Å². The van der Waals surface area contributed by atoms with E-state index in [1.807, 2.05) is 12.1 Å². The van der Waals surface area contributed by atoms with Crippen LogP contribution in [0.4, 0.5) is 10.5 Å². The molecule has 2 aliphatic heterocycles. The molecular formula is C19H27N3O3S. The van der Waals surface area contributed by atoms with Crippen molar-refractivity contribution in [2.45, 2.75) is 44.7 Å². The Bertz CT molecular complexity index is 781. The largest absolute Gasteiger partial charge is 0.334 e. The zero-order chi connectivity index (χ0) is 18.3. The quantitative estimate of drug-likeness (QED) is 0.847. The first-order valence-corrected chi connectivity index (χ1v) is 11.4. The number of para-hydroxylation sites is 1. The van der Waals surface area contributed by atoms with E-state index in [1.165, 1.54) is 19.3 Å². The summed E-state index contributed by atoms with van der Waals surface area (Å²) in [6.07, 6.45) is 7.33. The molecule has 5 rings (SSSR count). The lowest BCUT2D eigenvalue weighted by molar-refractivity contribution is 0.131. The van der Waals surface area contributed by atoms with Crippen LogP contribution < -0.4 is 10.0 Å². The Morgan fingerprint density at radius 2 is 1.73 bits per heavy atom. The first-order valence-electron chi connectivity index (χ1n) is 9.47. The zero-order valence-electron chi connectivity index (χ0n) is 15.1. The van der Waals surface area contributed by atoms with Crippen molar-refractivity contribution in [1.29, 1.82) is 0 Å². The van der Waals surface area contributed by atoms with E-state index in [4.69, 9.17) is 0 Å². The van der Waals surface area contributed by atoms with Crippen LogP contribution in [0.3, 0.4) is 0 Å². The van der Waals surface area contributed by atoms with Crippen LogP contribution in [0.5, 0.6) is 0 Å². The molecule has 1 aromatic rings. The normalized spacial score (nSPS) is 30.1. The fraction of sp³-hybridized carbons (Fsp3) is 0.632. The van der Waals surface area contributed by atoms with E-state index in [0.717, 1.165) is 43.0 Å². The number of fused-ring (bicyclic) bond motifs is 1. The van der Waals surface area contributed by atoms with E-state index in [2.05, 4.69) is 14.9 Å². The highest BCUT2D eigenvalue weighted by Crippen LogP contribution is 2.47. The molecule has 2 saturated carbocycles. The fourth-order valence-corrected chi connectivity index (χ4v) is 5.88. The summed E-state index contributed by atoms with van der Waals surface area (Å²) >= 11 is 0. The molecule has 6 nitrogen and oxygen atoms in total. The van der Waals surface area contributed by atoms with Crippen LogP contribution >= 0.6 is 0 Å². The molecular weight excluding hydrogens is 350 g/mol. The molecule has 2 atom stereocenters. The van der Waals surface area contributed by atoms with Gasteiger partial charge < -0.3 is 10.2 Å². The number of benzene rings is 1. The number of nitrogens with zero attached hydrogens (tertiary/aromatic N) is 1. The first-order chi connectivity index (χ1) is 12.4. The fourth-order valence-electron chi connectivity index (χ4n) is 5.28. The van der Waals surface area contributed by atoms with Gasteiger partial charge in [-0.15, -0.1) is 0 Å². The van der Waals surface area contributed by atoms with E-state index in [-0.39, 0.29) is 6.03 Å². The number of hydrogen-bond donors (Lipinski definition) is 2.